The van der Waals surface area contributed by atoms with Gasteiger partial charge < -0.3 is 10.2 Å². The molecule has 0 aliphatic heterocycles. The first-order valence-corrected chi connectivity index (χ1v) is 12.5. The Labute approximate surface area is 192 Å². The van der Waals surface area contributed by atoms with Crippen LogP contribution in [0, 0.1) is 6.92 Å². The number of anilines is 1. The van der Waals surface area contributed by atoms with Crippen molar-refractivity contribution >= 4 is 43.5 Å². The molecule has 1 atom stereocenters. The van der Waals surface area contributed by atoms with Crippen molar-refractivity contribution in [3.8, 4) is 0 Å². The predicted octanol–water partition coefficient (Wildman–Crippen LogP) is 2.73. The molecule has 31 heavy (non-hydrogen) atoms. The van der Waals surface area contributed by atoms with Crippen LogP contribution in [0.15, 0.2) is 53.0 Å². The van der Waals surface area contributed by atoms with Crippen molar-refractivity contribution in [2.24, 2.45) is 0 Å². The average molecular weight is 510 g/mol. The number of benzene rings is 2. The van der Waals surface area contributed by atoms with Crippen LogP contribution in [0.4, 0.5) is 5.69 Å². The molecule has 0 aliphatic carbocycles. The molecule has 0 saturated carbocycles. The quantitative estimate of drug-likeness (QED) is 0.562. The normalized spacial score (nSPS) is 12.2. The summed E-state index contributed by atoms with van der Waals surface area (Å²) in [6.07, 6.45) is 1.61. The zero-order chi connectivity index (χ0) is 23.2. The van der Waals surface area contributed by atoms with Gasteiger partial charge in [0, 0.05) is 18.1 Å². The molecule has 2 aromatic carbocycles. The van der Waals surface area contributed by atoms with Crippen LogP contribution in [-0.4, -0.2) is 57.6 Å². The second-order valence-electron chi connectivity index (χ2n) is 7.32. The molecular weight excluding hydrogens is 482 g/mol. The first kappa shape index (κ1) is 24.9. The summed E-state index contributed by atoms with van der Waals surface area (Å²) in [5, 5.41) is 2.56. The van der Waals surface area contributed by atoms with Gasteiger partial charge in [-0.2, -0.15) is 0 Å². The van der Waals surface area contributed by atoms with Crippen molar-refractivity contribution in [1.29, 1.82) is 0 Å². The van der Waals surface area contributed by atoms with Crippen LogP contribution >= 0.6 is 15.9 Å². The van der Waals surface area contributed by atoms with Crippen molar-refractivity contribution in [2.45, 2.75) is 26.3 Å². The van der Waals surface area contributed by atoms with E-state index in [1.165, 1.54) is 11.9 Å². The third kappa shape index (κ3) is 6.80. The standard InChI is InChI=1S/C22H28BrN3O4S/c1-16-14-19(10-11-20(16)23)26(31(4,29)30)15-21(27)25(17(2)22(28)24-3)13-12-18-8-6-5-7-9-18/h5-11,14,17H,12-13,15H2,1-4H3,(H,24,28)/t17-/m1/s1. The zero-order valence-electron chi connectivity index (χ0n) is 18.1. The zero-order valence-corrected chi connectivity index (χ0v) is 20.5. The SMILES string of the molecule is CNC(=O)[C@@H](C)N(CCc1ccccc1)C(=O)CN(c1ccc(Br)c(C)c1)S(C)(=O)=O. The molecule has 2 rings (SSSR count). The molecule has 2 aromatic rings. The van der Waals surface area contributed by atoms with Crippen molar-refractivity contribution in [3.05, 3.63) is 64.1 Å². The van der Waals surface area contributed by atoms with Gasteiger partial charge in [0.2, 0.25) is 21.8 Å². The van der Waals surface area contributed by atoms with Gasteiger partial charge >= 0.3 is 0 Å². The van der Waals surface area contributed by atoms with Crippen LogP contribution in [0.5, 0.6) is 0 Å². The first-order valence-electron chi connectivity index (χ1n) is 9.83. The van der Waals surface area contributed by atoms with Crippen LogP contribution in [0.1, 0.15) is 18.1 Å². The molecule has 0 saturated heterocycles. The molecule has 1 N–H and O–H groups in total. The van der Waals surface area contributed by atoms with Gasteiger partial charge in [-0.05, 0) is 49.6 Å². The molecular formula is C22H28BrN3O4S. The van der Waals surface area contributed by atoms with E-state index in [0.717, 1.165) is 26.2 Å². The second-order valence-corrected chi connectivity index (χ2v) is 10.1. The topological polar surface area (TPSA) is 86.8 Å². The molecule has 0 bridgehead atoms. The van der Waals surface area contributed by atoms with E-state index >= 15 is 0 Å². The molecule has 0 aliphatic rings. The van der Waals surface area contributed by atoms with Crippen molar-refractivity contribution in [2.75, 3.05) is 30.7 Å². The lowest BCUT2D eigenvalue weighted by Gasteiger charge is -2.31. The number of carbonyl (C=O) groups is 2. The Morgan fingerprint density at radius 3 is 2.32 bits per heavy atom. The molecule has 2 amide bonds. The predicted molar refractivity (Wildman–Crippen MR) is 126 cm³/mol. The Kier molecular flexibility index (Phi) is 8.64. The molecule has 9 heteroatoms. The number of rotatable bonds is 9. The number of hydrogen-bond acceptors (Lipinski definition) is 4. The summed E-state index contributed by atoms with van der Waals surface area (Å²) >= 11 is 3.40. The Balaban J connectivity index is 2.31. The summed E-state index contributed by atoms with van der Waals surface area (Å²) < 4.78 is 26.9. The number of hydrogen-bond donors (Lipinski definition) is 1. The average Bonchev–Trinajstić information content (AvgIpc) is 2.73. The minimum Gasteiger partial charge on any atom is -0.357 e. The van der Waals surface area contributed by atoms with E-state index < -0.39 is 28.5 Å². The number of sulfonamides is 1. The van der Waals surface area contributed by atoms with E-state index in [9.17, 15) is 18.0 Å². The Bertz CT molecular complexity index is 1030. The van der Waals surface area contributed by atoms with Crippen molar-refractivity contribution < 1.29 is 18.0 Å². The van der Waals surface area contributed by atoms with Gasteiger partial charge in [-0.15, -0.1) is 0 Å². The highest BCUT2D eigenvalue weighted by molar-refractivity contribution is 9.10. The van der Waals surface area contributed by atoms with E-state index in [0.29, 0.717) is 12.1 Å². The summed E-state index contributed by atoms with van der Waals surface area (Å²) in [5.41, 5.74) is 2.26. The minimum absolute atomic E-state index is 0.286. The van der Waals surface area contributed by atoms with E-state index in [-0.39, 0.29) is 12.5 Å². The van der Waals surface area contributed by atoms with Crippen LogP contribution < -0.4 is 9.62 Å². The van der Waals surface area contributed by atoms with E-state index in [4.69, 9.17) is 0 Å². The maximum Gasteiger partial charge on any atom is 0.244 e. The lowest BCUT2D eigenvalue weighted by atomic mass is 10.1. The first-order chi connectivity index (χ1) is 14.5. The molecule has 0 spiro atoms. The Morgan fingerprint density at radius 2 is 1.77 bits per heavy atom. The number of nitrogens with zero attached hydrogens (tertiary/aromatic N) is 2. The van der Waals surface area contributed by atoms with Gasteiger partial charge in [0.15, 0.2) is 0 Å². The highest BCUT2D eigenvalue weighted by atomic mass is 79.9. The number of amides is 2. The minimum atomic E-state index is -3.72. The fourth-order valence-corrected chi connectivity index (χ4v) is 4.26. The fourth-order valence-electron chi connectivity index (χ4n) is 3.18. The Morgan fingerprint density at radius 1 is 1.13 bits per heavy atom. The van der Waals surface area contributed by atoms with Gasteiger partial charge in [-0.1, -0.05) is 46.3 Å². The third-order valence-electron chi connectivity index (χ3n) is 5.01. The van der Waals surface area contributed by atoms with Crippen LogP contribution in [-0.2, 0) is 26.0 Å². The number of nitrogens with one attached hydrogen (secondary N) is 1. The summed E-state index contributed by atoms with van der Waals surface area (Å²) in [5.74, 6) is -0.759. The van der Waals surface area contributed by atoms with Crippen LogP contribution in [0.3, 0.4) is 0 Å². The lowest BCUT2D eigenvalue weighted by molar-refractivity contribution is -0.138. The molecule has 168 valence electrons. The third-order valence-corrected chi connectivity index (χ3v) is 7.04. The number of carbonyl (C=O) groups excluding carboxylic acids is 2. The largest absolute Gasteiger partial charge is 0.357 e. The summed E-state index contributed by atoms with van der Waals surface area (Å²) in [7, 11) is -2.22. The number of aryl methyl sites for hydroxylation is 1. The maximum absolute atomic E-state index is 13.2. The molecule has 0 heterocycles. The molecule has 0 fully saturated rings. The maximum atomic E-state index is 13.2. The van der Waals surface area contributed by atoms with Gasteiger partial charge in [0.25, 0.3) is 0 Å². The molecule has 0 radical (unpaired) electrons. The van der Waals surface area contributed by atoms with Gasteiger partial charge in [-0.3, -0.25) is 13.9 Å². The van der Waals surface area contributed by atoms with E-state index in [2.05, 4.69) is 21.2 Å². The summed E-state index contributed by atoms with van der Waals surface area (Å²) in [6, 6.07) is 14.0. The van der Waals surface area contributed by atoms with Crippen LogP contribution in [0.2, 0.25) is 0 Å². The van der Waals surface area contributed by atoms with Crippen LogP contribution in [0.25, 0.3) is 0 Å². The van der Waals surface area contributed by atoms with Crippen molar-refractivity contribution in [1.82, 2.24) is 10.2 Å². The van der Waals surface area contributed by atoms with Gasteiger partial charge in [0.05, 0.1) is 11.9 Å². The summed E-state index contributed by atoms with van der Waals surface area (Å²) in [6.45, 7) is 3.37. The van der Waals surface area contributed by atoms with Gasteiger partial charge in [-0.25, -0.2) is 8.42 Å². The highest BCUT2D eigenvalue weighted by Gasteiger charge is 2.29. The summed E-state index contributed by atoms with van der Waals surface area (Å²) in [4.78, 5) is 26.9. The fraction of sp³-hybridized carbons (Fsp3) is 0.364. The highest BCUT2D eigenvalue weighted by Crippen LogP contribution is 2.25. The van der Waals surface area contributed by atoms with Crippen molar-refractivity contribution in [3.63, 3.8) is 0 Å². The number of likely N-dealkylation sites (N-methyl/N-ethyl adjacent to an activating group) is 1. The number of halogens is 1. The monoisotopic (exact) mass is 509 g/mol. The Hall–Kier alpha value is -2.39. The van der Waals surface area contributed by atoms with E-state index in [1.54, 1.807) is 25.1 Å². The molecule has 0 unspecified atom stereocenters. The van der Waals surface area contributed by atoms with Gasteiger partial charge in [0.1, 0.15) is 12.6 Å². The van der Waals surface area contributed by atoms with E-state index in [1.807, 2.05) is 37.3 Å². The second kappa shape index (κ2) is 10.8. The molecule has 0 aromatic heterocycles. The lowest BCUT2D eigenvalue weighted by Crippen LogP contribution is -2.51. The smallest absolute Gasteiger partial charge is 0.244 e. The molecule has 7 nitrogen and oxygen atoms in total.